The summed E-state index contributed by atoms with van der Waals surface area (Å²) >= 11 is 0. The molecule has 2 rings (SSSR count). The van der Waals surface area contributed by atoms with Crippen molar-refractivity contribution < 1.29 is 14.3 Å². The minimum atomic E-state index is -0.536. The smallest absolute Gasteiger partial charge is 0.338 e. The number of aromatic nitrogens is 1. The highest BCUT2D eigenvalue weighted by Gasteiger charge is 2.14. The first-order valence-corrected chi connectivity index (χ1v) is 7.53. The number of ether oxygens (including phenoxy) is 1. The molecule has 1 aromatic heterocycles. The number of nitrogens with zero attached hydrogens (tertiary/aromatic N) is 1. The summed E-state index contributed by atoms with van der Waals surface area (Å²) in [6.45, 7) is 3.71. The van der Waals surface area contributed by atoms with E-state index in [4.69, 9.17) is 4.74 Å². The van der Waals surface area contributed by atoms with Crippen LogP contribution in [0, 0.1) is 6.92 Å². The van der Waals surface area contributed by atoms with Crippen molar-refractivity contribution in [2.45, 2.75) is 26.3 Å². The number of benzene rings is 1. The zero-order valence-corrected chi connectivity index (χ0v) is 13.3. The van der Waals surface area contributed by atoms with Crippen molar-refractivity contribution in [2.75, 3.05) is 6.61 Å². The van der Waals surface area contributed by atoms with E-state index in [9.17, 15) is 9.59 Å². The van der Waals surface area contributed by atoms with Gasteiger partial charge >= 0.3 is 5.97 Å². The molecule has 2 aromatic rings. The predicted octanol–water partition coefficient (Wildman–Crippen LogP) is 2.81. The first-order chi connectivity index (χ1) is 11.1. The van der Waals surface area contributed by atoms with E-state index in [1.807, 2.05) is 38.1 Å². The van der Waals surface area contributed by atoms with Crippen LogP contribution in [0.3, 0.4) is 0 Å². The number of rotatable bonds is 6. The largest absolute Gasteiger partial charge is 0.452 e. The third-order valence-corrected chi connectivity index (χ3v) is 3.47. The third kappa shape index (κ3) is 4.92. The fraction of sp³-hybridized carbons (Fsp3) is 0.278. The summed E-state index contributed by atoms with van der Waals surface area (Å²) < 4.78 is 5.01. The molecule has 23 heavy (non-hydrogen) atoms. The minimum Gasteiger partial charge on any atom is -0.452 e. The second kappa shape index (κ2) is 8.08. The van der Waals surface area contributed by atoms with Crippen LogP contribution >= 0.6 is 0 Å². The van der Waals surface area contributed by atoms with Crippen LogP contribution in [0.4, 0.5) is 0 Å². The molecule has 0 radical (unpaired) electrons. The summed E-state index contributed by atoms with van der Waals surface area (Å²) in [6.07, 6.45) is 3.76. The number of esters is 1. The average molecular weight is 312 g/mol. The molecule has 1 amide bonds. The number of hydrogen-bond donors (Lipinski definition) is 1. The number of carbonyl (C=O) groups excluding carboxylic acids is 2. The molecule has 0 aliphatic rings. The number of amides is 1. The van der Waals surface area contributed by atoms with Crippen LogP contribution in [0.1, 0.15) is 40.9 Å². The van der Waals surface area contributed by atoms with Crippen LogP contribution in [-0.2, 0) is 9.53 Å². The number of carbonyl (C=O) groups is 2. The Morgan fingerprint density at radius 3 is 2.39 bits per heavy atom. The Bertz CT molecular complexity index is 654. The number of aryl methyl sites for hydroxylation is 1. The molecule has 1 aromatic carbocycles. The summed E-state index contributed by atoms with van der Waals surface area (Å²) in [7, 11) is 0. The lowest BCUT2D eigenvalue weighted by atomic mass is 10.0. The molecule has 0 unspecified atom stereocenters. The van der Waals surface area contributed by atoms with Gasteiger partial charge in [-0.05, 0) is 31.0 Å². The van der Waals surface area contributed by atoms with Gasteiger partial charge in [0.1, 0.15) is 0 Å². The number of hydrogen-bond acceptors (Lipinski definition) is 4. The maximum Gasteiger partial charge on any atom is 0.338 e. The van der Waals surface area contributed by atoms with E-state index in [1.165, 1.54) is 18.0 Å². The molecule has 0 saturated carbocycles. The van der Waals surface area contributed by atoms with Gasteiger partial charge in [0, 0.05) is 12.4 Å². The van der Waals surface area contributed by atoms with E-state index < -0.39 is 5.97 Å². The second-order valence-electron chi connectivity index (χ2n) is 5.25. The normalized spacial score (nSPS) is 11.6. The molecule has 1 heterocycles. The summed E-state index contributed by atoms with van der Waals surface area (Å²) in [5, 5.41) is 2.88. The van der Waals surface area contributed by atoms with E-state index in [1.54, 1.807) is 12.1 Å². The summed E-state index contributed by atoms with van der Waals surface area (Å²) in [5.74, 6) is -0.856. The minimum absolute atomic E-state index is 0.0947. The molecule has 5 heteroatoms. The summed E-state index contributed by atoms with van der Waals surface area (Å²) in [4.78, 5) is 27.6. The Morgan fingerprint density at radius 2 is 1.78 bits per heavy atom. The van der Waals surface area contributed by atoms with Crippen molar-refractivity contribution >= 4 is 11.9 Å². The quantitative estimate of drug-likeness (QED) is 0.833. The van der Waals surface area contributed by atoms with E-state index >= 15 is 0 Å². The van der Waals surface area contributed by atoms with Crippen molar-refractivity contribution in [3.05, 3.63) is 65.5 Å². The second-order valence-corrected chi connectivity index (χ2v) is 5.25. The van der Waals surface area contributed by atoms with Crippen molar-refractivity contribution in [1.29, 1.82) is 0 Å². The predicted molar refractivity (Wildman–Crippen MR) is 86.9 cm³/mol. The van der Waals surface area contributed by atoms with Crippen LogP contribution in [0.15, 0.2) is 48.8 Å². The SMILES string of the molecule is CC[C@H](NC(=O)COC(=O)c1ccncc1)c1ccc(C)cc1. The summed E-state index contributed by atoms with van der Waals surface area (Å²) in [5.41, 5.74) is 2.58. The molecule has 0 spiro atoms. The topological polar surface area (TPSA) is 68.3 Å². The lowest BCUT2D eigenvalue weighted by Gasteiger charge is -2.17. The average Bonchev–Trinajstić information content (AvgIpc) is 2.59. The van der Waals surface area contributed by atoms with Gasteiger partial charge in [-0.15, -0.1) is 0 Å². The molecule has 5 nitrogen and oxygen atoms in total. The Morgan fingerprint density at radius 1 is 1.13 bits per heavy atom. The van der Waals surface area contributed by atoms with E-state index in [-0.39, 0.29) is 18.6 Å². The Balaban J connectivity index is 1.88. The molecule has 0 saturated heterocycles. The zero-order chi connectivity index (χ0) is 16.7. The van der Waals surface area contributed by atoms with Gasteiger partial charge in [0.25, 0.3) is 5.91 Å². The first kappa shape index (κ1) is 16.7. The van der Waals surface area contributed by atoms with Crippen molar-refractivity contribution in [3.8, 4) is 0 Å². The van der Waals surface area contributed by atoms with Gasteiger partial charge in [0.2, 0.25) is 0 Å². The highest BCUT2D eigenvalue weighted by molar-refractivity contribution is 5.91. The van der Waals surface area contributed by atoms with Gasteiger partial charge < -0.3 is 10.1 Å². The van der Waals surface area contributed by atoms with Gasteiger partial charge in [-0.2, -0.15) is 0 Å². The standard InChI is InChI=1S/C18H20N2O3/c1-3-16(14-6-4-13(2)5-7-14)20-17(21)12-23-18(22)15-8-10-19-11-9-15/h4-11,16H,3,12H2,1-2H3,(H,20,21)/t16-/m0/s1. The third-order valence-electron chi connectivity index (χ3n) is 3.47. The van der Waals surface area contributed by atoms with Crippen LogP contribution in [0.5, 0.6) is 0 Å². The fourth-order valence-corrected chi connectivity index (χ4v) is 2.16. The molecule has 0 aliphatic heterocycles. The van der Waals surface area contributed by atoms with Gasteiger partial charge in [0.05, 0.1) is 11.6 Å². The van der Waals surface area contributed by atoms with Gasteiger partial charge in [0.15, 0.2) is 6.61 Å². The van der Waals surface area contributed by atoms with E-state index in [2.05, 4.69) is 10.3 Å². The lowest BCUT2D eigenvalue weighted by Crippen LogP contribution is -2.32. The maximum atomic E-state index is 12.0. The number of pyridine rings is 1. The molecular weight excluding hydrogens is 292 g/mol. The monoisotopic (exact) mass is 312 g/mol. The lowest BCUT2D eigenvalue weighted by molar-refractivity contribution is -0.125. The van der Waals surface area contributed by atoms with Crippen LogP contribution in [0.2, 0.25) is 0 Å². The highest BCUT2D eigenvalue weighted by Crippen LogP contribution is 2.17. The van der Waals surface area contributed by atoms with Crippen molar-refractivity contribution in [1.82, 2.24) is 10.3 Å². The molecule has 0 bridgehead atoms. The fourth-order valence-electron chi connectivity index (χ4n) is 2.16. The van der Waals surface area contributed by atoms with E-state index in [0.717, 1.165) is 12.0 Å². The molecule has 0 aliphatic carbocycles. The molecule has 1 atom stereocenters. The van der Waals surface area contributed by atoms with E-state index in [0.29, 0.717) is 5.56 Å². The van der Waals surface area contributed by atoms with Gasteiger partial charge in [-0.1, -0.05) is 36.8 Å². The zero-order valence-electron chi connectivity index (χ0n) is 13.3. The van der Waals surface area contributed by atoms with Crippen LogP contribution in [-0.4, -0.2) is 23.5 Å². The van der Waals surface area contributed by atoms with Crippen molar-refractivity contribution in [2.24, 2.45) is 0 Å². The number of nitrogens with one attached hydrogen (secondary N) is 1. The Hall–Kier alpha value is -2.69. The molecule has 0 fully saturated rings. The van der Waals surface area contributed by atoms with Crippen LogP contribution in [0.25, 0.3) is 0 Å². The molecule has 1 N–H and O–H groups in total. The van der Waals surface area contributed by atoms with Gasteiger partial charge in [-0.3, -0.25) is 9.78 Å². The van der Waals surface area contributed by atoms with Gasteiger partial charge in [-0.25, -0.2) is 4.79 Å². The molecular formula is C18H20N2O3. The Kier molecular flexibility index (Phi) is 5.86. The van der Waals surface area contributed by atoms with Crippen molar-refractivity contribution in [3.63, 3.8) is 0 Å². The first-order valence-electron chi connectivity index (χ1n) is 7.53. The highest BCUT2D eigenvalue weighted by atomic mass is 16.5. The maximum absolute atomic E-state index is 12.0. The molecule has 120 valence electrons. The Labute approximate surface area is 135 Å². The van der Waals surface area contributed by atoms with Crippen LogP contribution < -0.4 is 5.32 Å². The summed E-state index contributed by atoms with van der Waals surface area (Å²) in [6, 6.07) is 11.0.